The molecule has 4 heteroatoms. The van der Waals surface area contributed by atoms with Crippen molar-refractivity contribution in [2.75, 3.05) is 0 Å². The van der Waals surface area contributed by atoms with Gasteiger partial charge in [0.2, 0.25) is 0 Å². The molecule has 0 saturated carbocycles. The highest BCUT2D eigenvalue weighted by molar-refractivity contribution is 8.21. The predicted molar refractivity (Wildman–Crippen MR) is 100 cm³/mol. The average Bonchev–Trinajstić information content (AvgIpc) is 2.52. The van der Waals surface area contributed by atoms with Crippen molar-refractivity contribution in [3.05, 3.63) is 80.3 Å². The highest BCUT2D eigenvalue weighted by Crippen LogP contribution is 2.36. The van der Waals surface area contributed by atoms with Crippen LogP contribution in [0.4, 0.5) is 0 Å². The fraction of sp³-hybridized carbons (Fsp3) is 0.125. The van der Waals surface area contributed by atoms with E-state index in [0.717, 1.165) is 20.0 Å². The Morgan fingerprint density at radius 1 is 0.650 bits per heavy atom. The van der Waals surface area contributed by atoms with E-state index in [1.165, 1.54) is 11.1 Å². The van der Waals surface area contributed by atoms with Crippen LogP contribution in [0.15, 0.2) is 69.1 Å². The van der Waals surface area contributed by atoms with Crippen LogP contribution in [0, 0.1) is 0 Å². The second-order valence-corrected chi connectivity index (χ2v) is 7.63. The molecule has 0 atom stereocenters. The van der Waals surface area contributed by atoms with E-state index in [4.69, 9.17) is 0 Å². The third-order valence-corrected chi connectivity index (χ3v) is 6.36. The Balaban J connectivity index is 1.84. The van der Waals surface area contributed by atoms with Crippen LogP contribution in [0.3, 0.4) is 0 Å². The molecule has 0 amide bonds. The van der Waals surface area contributed by atoms with E-state index in [9.17, 15) is 0 Å². The molecule has 0 nitrogen and oxygen atoms in total. The van der Waals surface area contributed by atoms with Crippen molar-refractivity contribution in [1.29, 1.82) is 0 Å². The van der Waals surface area contributed by atoms with Gasteiger partial charge in [-0.3, -0.25) is 0 Å². The SMILES string of the molecule is SC(SCc1ccccc1)=C(S)SCc1ccccc1. The van der Waals surface area contributed by atoms with Gasteiger partial charge in [-0.2, -0.15) is 0 Å². The minimum atomic E-state index is 0.926. The van der Waals surface area contributed by atoms with Crippen molar-refractivity contribution in [1.82, 2.24) is 0 Å². The standard InChI is InChI=1S/C16H16S4/c17-15(19-11-13-7-3-1-4-8-13)16(18)20-12-14-9-5-2-6-10-14/h1-10,17-18H,11-12H2. The first-order valence-corrected chi connectivity index (χ1v) is 9.08. The number of benzene rings is 2. The molecule has 0 aromatic heterocycles. The van der Waals surface area contributed by atoms with Crippen LogP contribution in [-0.4, -0.2) is 0 Å². The Hall–Kier alpha value is -0.420. The summed E-state index contributed by atoms with van der Waals surface area (Å²) in [6.07, 6.45) is 0. The molecule has 0 aliphatic carbocycles. The van der Waals surface area contributed by atoms with E-state index in [1.54, 1.807) is 23.5 Å². The quantitative estimate of drug-likeness (QED) is 0.636. The van der Waals surface area contributed by atoms with Gasteiger partial charge in [-0.15, -0.1) is 48.8 Å². The smallest absolute Gasteiger partial charge is 0.0572 e. The zero-order valence-corrected chi connectivity index (χ0v) is 14.3. The normalized spacial score (nSPS) is 12.1. The number of hydrogen-bond donors (Lipinski definition) is 2. The van der Waals surface area contributed by atoms with E-state index in [1.807, 2.05) is 12.1 Å². The summed E-state index contributed by atoms with van der Waals surface area (Å²) in [6.45, 7) is 0. The second-order valence-electron chi connectivity index (χ2n) is 4.16. The first-order valence-electron chi connectivity index (χ1n) is 6.21. The lowest BCUT2D eigenvalue weighted by Crippen LogP contribution is -1.81. The van der Waals surface area contributed by atoms with Gasteiger partial charge in [-0.25, -0.2) is 0 Å². The van der Waals surface area contributed by atoms with Gasteiger partial charge in [-0.1, -0.05) is 60.7 Å². The molecule has 0 bridgehead atoms. The number of thiol groups is 2. The molecule has 0 heterocycles. The summed E-state index contributed by atoms with van der Waals surface area (Å²) < 4.78 is 1.97. The van der Waals surface area contributed by atoms with E-state index in [0.29, 0.717) is 0 Å². The number of rotatable bonds is 6. The molecule has 0 aliphatic rings. The molecule has 2 rings (SSSR count). The monoisotopic (exact) mass is 336 g/mol. The van der Waals surface area contributed by atoms with Gasteiger partial charge in [0.05, 0.1) is 8.47 Å². The molecule has 0 spiro atoms. The first kappa shape index (κ1) is 16.0. The van der Waals surface area contributed by atoms with Gasteiger partial charge in [0.25, 0.3) is 0 Å². The summed E-state index contributed by atoms with van der Waals surface area (Å²) in [7, 11) is 0. The Bertz CT molecular complexity index is 498. The molecule has 0 aliphatic heterocycles. The molecular formula is C16H16S4. The van der Waals surface area contributed by atoms with E-state index in [-0.39, 0.29) is 0 Å². The maximum absolute atomic E-state index is 4.55. The highest BCUT2D eigenvalue weighted by Gasteiger charge is 2.03. The van der Waals surface area contributed by atoms with Gasteiger partial charge in [0.15, 0.2) is 0 Å². The lowest BCUT2D eigenvalue weighted by atomic mass is 10.2. The number of thioether (sulfide) groups is 2. The van der Waals surface area contributed by atoms with Crippen molar-refractivity contribution >= 4 is 48.8 Å². The maximum atomic E-state index is 4.55. The third kappa shape index (κ3) is 5.52. The fourth-order valence-electron chi connectivity index (χ4n) is 1.58. The van der Waals surface area contributed by atoms with Crippen LogP contribution in [0.1, 0.15) is 11.1 Å². The van der Waals surface area contributed by atoms with E-state index in [2.05, 4.69) is 73.8 Å². The van der Waals surface area contributed by atoms with Gasteiger partial charge in [0, 0.05) is 11.5 Å². The lowest BCUT2D eigenvalue weighted by molar-refractivity contribution is 1.42. The molecule has 0 fully saturated rings. The van der Waals surface area contributed by atoms with E-state index < -0.39 is 0 Å². The van der Waals surface area contributed by atoms with Gasteiger partial charge in [0.1, 0.15) is 0 Å². The van der Waals surface area contributed by atoms with Crippen LogP contribution in [0.5, 0.6) is 0 Å². The largest absolute Gasteiger partial charge is 0.135 e. The van der Waals surface area contributed by atoms with Crippen LogP contribution < -0.4 is 0 Å². The minimum Gasteiger partial charge on any atom is -0.135 e. The van der Waals surface area contributed by atoms with Gasteiger partial charge < -0.3 is 0 Å². The zero-order valence-electron chi connectivity index (χ0n) is 10.9. The van der Waals surface area contributed by atoms with Crippen LogP contribution in [0.2, 0.25) is 0 Å². The summed E-state index contributed by atoms with van der Waals surface area (Å²) in [6, 6.07) is 20.8. The third-order valence-electron chi connectivity index (χ3n) is 2.62. The fourth-order valence-corrected chi connectivity index (χ4v) is 3.94. The molecule has 2 aromatic carbocycles. The number of hydrogen-bond acceptors (Lipinski definition) is 4. The molecule has 2 aromatic rings. The molecule has 0 radical (unpaired) electrons. The van der Waals surface area contributed by atoms with Crippen molar-refractivity contribution in [3.63, 3.8) is 0 Å². The molecular weight excluding hydrogens is 320 g/mol. The molecule has 104 valence electrons. The molecule has 0 unspecified atom stereocenters. The van der Waals surface area contributed by atoms with Crippen molar-refractivity contribution in [2.45, 2.75) is 11.5 Å². The Labute approximate surface area is 140 Å². The Morgan fingerprint density at radius 3 is 1.35 bits per heavy atom. The maximum Gasteiger partial charge on any atom is 0.0572 e. The average molecular weight is 337 g/mol. The summed E-state index contributed by atoms with van der Waals surface area (Å²) in [4.78, 5) is 0. The Kier molecular flexibility index (Phi) is 7.00. The molecule has 0 saturated heterocycles. The lowest BCUT2D eigenvalue weighted by Gasteiger charge is -2.06. The molecule has 20 heavy (non-hydrogen) atoms. The second kappa shape index (κ2) is 8.78. The highest BCUT2D eigenvalue weighted by atomic mass is 32.2. The van der Waals surface area contributed by atoms with Crippen LogP contribution >= 0.6 is 48.8 Å². The minimum absolute atomic E-state index is 0.926. The van der Waals surface area contributed by atoms with E-state index >= 15 is 0 Å². The van der Waals surface area contributed by atoms with Crippen LogP contribution in [0.25, 0.3) is 0 Å². The van der Waals surface area contributed by atoms with Crippen molar-refractivity contribution in [3.8, 4) is 0 Å². The van der Waals surface area contributed by atoms with Crippen molar-refractivity contribution in [2.24, 2.45) is 0 Å². The van der Waals surface area contributed by atoms with Gasteiger partial charge in [-0.05, 0) is 11.1 Å². The summed E-state index contributed by atoms with van der Waals surface area (Å²) in [5, 5.41) is 0. The Morgan fingerprint density at radius 2 is 1.00 bits per heavy atom. The van der Waals surface area contributed by atoms with Crippen molar-refractivity contribution < 1.29 is 0 Å². The zero-order chi connectivity index (χ0) is 14.2. The summed E-state index contributed by atoms with van der Waals surface area (Å²) in [5.41, 5.74) is 2.61. The topological polar surface area (TPSA) is 0 Å². The molecule has 0 N–H and O–H groups in total. The van der Waals surface area contributed by atoms with Crippen LogP contribution in [-0.2, 0) is 11.5 Å². The first-order chi connectivity index (χ1) is 9.75. The predicted octanol–water partition coefficient (Wildman–Crippen LogP) is 5.84. The summed E-state index contributed by atoms with van der Waals surface area (Å²) >= 11 is 12.5. The van der Waals surface area contributed by atoms with Gasteiger partial charge >= 0.3 is 0 Å². The summed E-state index contributed by atoms with van der Waals surface area (Å²) in [5.74, 6) is 1.85.